The summed E-state index contributed by atoms with van der Waals surface area (Å²) in [6.07, 6.45) is 3.25. The molecule has 0 unspecified atom stereocenters. The molecule has 2 aliphatic rings. The first-order valence-electron chi connectivity index (χ1n) is 7.96. The molecule has 0 fully saturated rings. The van der Waals surface area contributed by atoms with Gasteiger partial charge in [0.2, 0.25) is 0 Å². The van der Waals surface area contributed by atoms with Crippen molar-refractivity contribution in [3.05, 3.63) is 64.2 Å². The summed E-state index contributed by atoms with van der Waals surface area (Å²) >= 11 is 0. The van der Waals surface area contributed by atoms with Crippen molar-refractivity contribution < 1.29 is 14.3 Å². The molecule has 0 radical (unpaired) electrons. The molecule has 1 aliphatic carbocycles. The van der Waals surface area contributed by atoms with Crippen LogP contribution in [-0.4, -0.2) is 11.8 Å². The molecule has 23 heavy (non-hydrogen) atoms. The molecule has 1 heterocycles. The van der Waals surface area contributed by atoms with Crippen LogP contribution in [0.2, 0.25) is 0 Å². The number of benzene rings is 2. The Labute approximate surface area is 136 Å². The minimum Gasteiger partial charge on any atom is -0.426 e. The van der Waals surface area contributed by atoms with E-state index >= 15 is 0 Å². The van der Waals surface area contributed by atoms with Crippen molar-refractivity contribution in [3.8, 4) is 5.75 Å². The zero-order chi connectivity index (χ0) is 16.4. The van der Waals surface area contributed by atoms with Gasteiger partial charge in [-0.1, -0.05) is 29.8 Å². The number of hydrogen-bond acceptors (Lipinski definition) is 3. The Morgan fingerprint density at radius 1 is 0.870 bits per heavy atom. The molecule has 0 N–H and O–H groups in total. The van der Waals surface area contributed by atoms with Crippen molar-refractivity contribution in [1.82, 2.24) is 0 Å². The molecule has 2 aromatic rings. The van der Waals surface area contributed by atoms with Gasteiger partial charge in [0.15, 0.2) is 5.78 Å². The van der Waals surface area contributed by atoms with Gasteiger partial charge in [-0.15, -0.1) is 0 Å². The SMILES string of the molecule is Cc1ccc2c(c1)C(=O)CCC2.Cc1ccc2c(c1)OC(=O)C2. The summed E-state index contributed by atoms with van der Waals surface area (Å²) in [5, 5.41) is 0. The van der Waals surface area contributed by atoms with E-state index in [1.807, 2.05) is 38.1 Å². The molecule has 0 aromatic heterocycles. The lowest BCUT2D eigenvalue weighted by Crippen LogP contribution is -2.10. The monoisotopic (exact) mass is 308 g/mol. The molecule has 0 saturated heterocycles. The molecular weight excluding hydrogens is 288 g/mol. The van der Waals surface area contributed by atoms with Gasteiger partial charge in [0, 0.05) is 17.5 Å². The van der Waals surface area contributed by atoms with Crippen LogP contribution in [0.3, 0.4) is 0 Å². The zero-order valence-electron chi connectivity index (χ0n) is 13.5. The maximum Gasteiger partial charge on any atom is 0.315 e. The van der Waals surface area contributed by atoms with E-state index in [1.165, 1.54) is 11.1 Å². The summed E-state index contributed by atoms with van der Waals surface area (Å²) in [6.45, 7) is 4.01. The quantitative estimate of drug-likeness (QED) is 0.546. The number of Topliss-reactive ketones (excluding diaryl/α,β-unsaturated/α-hetero) is 1. The van der Waals surface area contributed by atoms with Crippen molar-refractivity contribution in [2.24, 2.45) is 0 Å². The van der Waals surface area contributed by atoms with Gasteiger partial charge in [-0.05, 0) is 49.9 Å². The molecule has 0 bridgehead atoms. The van der Waals surface area contributed by atoms with Crippen LogP contribution in [0.1, 0.15) is 45.5 Å². The Balaban J connectivity index is 0.000000136. The third-order valence-electron chi connectivity index (χ3n) is 4.20. The van der Waals surface area contributed by atoms with Gasteiger partial charge in [0.1, 0.15) is 5.75 Å². The molecular formula is C20H20O3. The highest BCUT2D eigenvalue weighted by molar-refractivity contribution is 5.98. The van der Waals surface area contributed by atoms with Gasteiger partial charge in [-0.3, -0.25) is 9.59 Å². The topological polar surface area (TPSA) is 43.4 Å². The predicted octanol–water partition coefficient (Wildman–Crippen LogP) is 3.97. The Bertz CT molecular complexity index is 774. The van der Waals surface area contributed by atoms with Crippen molar-refractivity contribution in [2.75, 3.05) is 0 Å². The van der Waals surface area contributed by atoms with Crippen LogP contribution < -0.4 is 4.74 Å². The molecule has 0 saturated carbocycles. The first-order chi connectivity index (χ1) is 11.0. The van der Waals surface area contributed by atoms with E-state index < -0.39 is 0 Å². The van der Waals surface area contributed by atoms with Crippen molar-refractivity contribution in [2.45, 2.75) is 39.5 Å². The van der Waals surface area contributed by atoms with E-state index in [4.69, 9.17) is 4.74 Å². The van der Waals surface area contributed by atoms with Crippen molar-refractivity contribution in [3.63, 3.8) is 0 Å². The van der Waals surface area contributed by atoms with Crippen molar-refractivity contribution in [1.29, 1.82) is 0 Å². The summed E-state index contributed by atoms with van der Waals surface area (Å²) in [7, 11) is 0. The number of rotatable bonds is 0. The van der Waals surface area contributed by atoms with E-state index in [2.05, 4.69) is 12.1 Å². The average Bonchev–Trinajstić information content (AvgIpc) is 2.88. The van der Waals surface area contributed by atoms with Gasteiger partial charge in [-0.25, -0.2) is 0 Å². The number of carbonyl (C=O) groups excluding carboxylic acids is 2. The Morgan fingerprint density at radius 2 is 1.57 bits per heavy atom. The van der Waals surface area contributed by atoms with Crippen LogP contribution in [0, 0.1) is 13.8 Å². The highest BCUT2D eigenvalue weighted by Gasteiger charge is 2.19. The molecule has 0 atom stereocenters. The van der Waals surface area contributed by atoms with Gasteiger partial charge in [-0.2, -0.15) is 0 Å². The summed E-state index contributed by atoms with van der Waals surface area (Å²) < 4.78 is 4.95. The number of carbonyl (C=O) groups is 2. The van der Waals surface area contributed by atoms with Gasteiger partial charge in [0.25, 0.3) is 0 Å². The summed E-state index contributed by atoms with van der Waals surface area (Å²) in [5.74, 6) is 0.903. The van der Waals surface area contributed by atoms with E-state index in [9.17, 15) is 9.59 Å². The van der Waals surface area contributed by atoms with Crippen LogP contribution in [0.25, 0.3) is 0 Å². The number of fused-ring (bicyclic) bond motifs is 2. The van der Waals surface area contributed by atoms with Crippen LogP contribution >= 0.6 is 0 Å². The van der Waals surface area contributed by atoms with Gasteiger partial charge < -0.3 is 4.74 Å². The number of ether oxygens (including phenoxy) is 1. The molecule has 0 spiro atoms. The van der Waals surface area contributed by atoms with Gasteiger partial charge in [0.05, 0.1) is 6.42 Å². The maximum absolute atomic E-state index is 11.4. The molecule has 1 aliphatic heterocycles. The van der Waals surface area contributed by atoms with Gasteiger partial charge >= 0.3 is 5.97 Å². The molecule has 3 heteroatoms. The maximum atomic E-state index is 11.4. The Hall–Kier alpha value is -2.42. The summed E-state index contributed by atoms with van der Waals surface area (Å²) in [4.78, 5) is 22.2. The highest BCUT2D eigenvalue weighted by Crippen LogP contribution is 2.26. The second-order valence-electron chi connectivity index (χ2n) is 6.20. The van der Waals surface area contributed by atoms with Crippen LogP contribution in [0.5, 0.6) is 5.75 Å². The van der Waals surface area contributed by atoms with E-state index in [-0.39, 0.29) is 5.97 Å². The fourth-order valence-corrected chi connectivity index (χ4v) is 2.96. The first kappa shape index (κ1) is 15.5. The third-order valence-corrected chi connectivity index (χ3v) is 4.20. The number of esters is 1. The van der Waals surface area contributed by atoms with E-state index in [1.54, 1.807) is 0 Å². The Kier molecular flexibility index (Phi) is 4.28. The summed E-state index contributed by atoms with van der Waals surface area (Å²) in [6, 6.07) is 12.0. The first-order valence-corrected chi connectivity index (χ1v) is 7.96. The normalized spacial score (nSPS) is 15.2. The number of hydrogen-bond donors (Lipinski definition) is 0. The lowest BCUT2D eigenvalue weighted by atomic mass is 9.90. The van der Waals surface area contributed by atoms with Crippen molar-refractivity contribution >= 4 is 11.8 Å². The number of aryl methyl sites for hydroxylation is 3. The molecule has 4 rings (SSSR count). The standard InChI is InChI=1S/C11H12O.C9H8O2/c1-8-5-6-9-3-2-4-11(12)10(9)7-8;1-6-2-3-7-5-9(10)11-8(7)4-6/h5-7H,2-4H2,1H3;2-4H,5H2,1H3. The minimum atomic E-state index is -0.148. The smallest absolute Gasteiger partial charge is 0.315 e. The molecule has 0 amide bonds. The highest BCUT2D eigenvalue weighted by atomic mass is 16.5. The molecule has 3 nitrogen and oxygen atoms in total. The van der Waals surface area contributed by atoms with E-state index in [0.717, 1.165) is 41.7 Å². The molecule has 2 aromatic carbocycles. The fourth-order valence-electron chi connectivity index (χ4n) is 2.96. The lowest BCUT2D eigenvalue weighted by Gasteiger charge is -2.14. The third kappa shape index (κ3) is 3.50. The fraction of sp³-hybridized carbons (Fsp3) is 0.300. The zero-order valence-corrected chi connectivity index (χ0v) is 13.5. The van der Waals surface area contributed by atoms with Crippen LogP contribution in [0.4, 0.5) is 0 Å². The summed E-state index contributed by atoms with van der Waals surface area (Å²) in [5.41, 5.74) is 5.50. The predicted molar refractivity (Wildman–Crippen MR) is 89.0 cm³/mol. The largest absolute Gasteiger partial charge is 0.426 e. The van der Waals surface area contributed by atoms with Crippen LogP contribution in [-0.2, 0) is 17.6 Å². The number of ketones is 1. The molecule has 118 valence electrons. The second-order valence-corrected chi connectivity index (χ2v) is 6.20. The Morgan fingerprint density at radius 3 is 2.35 bits per heavy atom. The second kappa shape index (κ2) is 6.37. The van der Waals surface area contributed by atoms with E-state index in [0.29, 0.717) is 12.2 Å². The average molecular weight is 308 g/mol. The lowest BCUT2D eigenvalue weighted by molar-refractivity contribution is -0.131. The van der Waals surface area contributed by atoms with Crippen LogP contribution in [0.15, 0.2) is 36.4 Å². The minimum absolute atomic E-state index is 0.148.